The summed E-state index contributed by atoms with van der Waals surface area (Å²) in [7, 11) is 0. The largest absolute Gasteiger partial charge is 0.490 e. The van der Waals surface area contributed by atoms with Crippen molar-refractivity contribution in [3.8, 4) is 5.75 Å². The molecule has 0 radical (unpaired) electrons. The van der Waals surface area contributed by atoms with Gasteiger partial charge in [-0.3, -0.25) is 14.9 Å². The van der Waals surface area contributed by atoms with Crippen LogP contribution in [0.1, 0.15) is 37.0 Å². The van der Waals surface area contributed by atoms with Crippen LogP contribution in [0.25, 0.3) is 0 Å². The summed E-state index contributed by atoms with van der Waals surface area (Å²) < 4.78 is 50.9. The Labute approximate surface area is 200 Å². The minimum Gasteiger partial charge on any atom is -0.490 e. The molecule has 0 bridgehead atoms. The molecule has 1 aromatic heterocycles. The second-order valence-electron chi connectivity index (χ2n) is 8.65. The molecule has 3 heterocycles. The van der Waals surface area contributed by atoms with Crippen molar-refractivity contribution in [2.45, 2.75) is 49.3 Å². The van der Waals surface area contributed by atoms with E-state index in [9.17, 15) is 23.2 Å². The highest BCUT2D eigenvalue weighted by molar-refractivity contribution is 7.99. The summed E-state index contributed by atoms with van der Waals surface area (Å²) in [6.45, 7) is 3.43. The standard InChI is InChI=1S/C23H28F3N3O4S/c24-23(25,26)17-3-5-18(6-4-17)33-19-7-11-29(12-8-19)34-22(21(30)27-31)9-13-28(14-10-22)16-20-2-1-15-32-20/h1-6,15,19,31H,7-14,16H2,(H,27,30). The molecule has 7 nitrogen and oxygen atoms in total. The summed E-state index contributed by atoms with van der Waals surface area (Å²) >= 11 is 1.48. The normalized spacial score (nSPS) is 20.2. The van der Waals surface area contributed by atoms with Crippen LogP contribution in [0.2, 0.25) is 0 Å². The van der Waals surface area contributed by atoms with Gasteiger partial charge >= 0.3 is 6.18 Å². The van der Waals surface area contributed by atoms with Gasteiger partial charge in [0.05, 0.1) is 18.4 Å². The third-order valence-electron chi connectivity index (χ3n) is 6.33. The monoisotopic (exact) mass is 499 g/mol. The highest BCUT2D eigenvalue weighted by Crippen LogP contribution is 2.40. The van der Waals surface area contributed by atoms with Crippen LogP contribution >= 0.6 is 11.9 Å². The van der Waals surface area contributed by atoms with Crippen LogP contribution in [-0.4, -0.2) is 57.3 Å². The van der Waals surface area contributed by atoms with Gasteiger partial charge in [-0.05, 0) is 62.1 Å². The molecule has 0 saturated carbocycles. The summed E-state index contributed by atoms with van der Waals surface area (Å²) in [5.74, 6) is 0.902. The van der Waals surface area contributed by atoms with Crippen LogP contribution in [-0.2, 0) is 17.5 Å². The lowest BCUT2D eigenvalue weighted by Gasteiger charge is -2.43. The molecule has 2 aliphatic heterocycles. The van der Waals surface area contributed by atoms with Gasteiger partial charge in [-0.25, -0.2) is 9.79 Å². The number of ether oxygens (including phenoxy) is 1. The molecule has 2 fully saturated rings. The first-order valence-electron chi connectivity index (χ1n) is 11.2. The number of halogens is 3. The van der Waals surface area contributed by atoms with E-state index >= 15 is 0 Å². The molecule has 2 aliphatic rings. The molecule has 2 N–H and O–H groups in total. The highest BCUT2D eigenvalue weighted by Gasteiger charge is 2.44. The van der Waals surface area contributed by atoms with E-state index < -0.39 is 22.4 Å². The van der Waals surface area contributed by atoms with Gasteiger partial charge in [0.2, 0.25) is 0 Å². The van der Waals surface area contributed by atoms with E-state index in [1.54, 1.807) is 6.26 Å². The van der Waals surface area contributed by atoms with E-state index in [0.29, 0.717) is 64.2 Å². The Kier molecular flexibility index (Phi) is 7.76. The van der Waals surface area contributed by atoms with E-state index in [4.69, 9.17) is 9.15 Å². The number of benzene rings is 1. The number of nitrogens with one attached hydrogen (secondary N) is 1. The summed E-state index contributed by atoms with van der Waals surface area (Å²) in [6, 6.07) is 8.52. The zero-order chi connectivity index (χ0) is 24.2. The Bertz CT molecular complexity index is 924. The van der Waals surface area contributed by atoms with Gasteiger partial charge in [-0.15, -0.1) is 0 Å². The second-order valence-corrected chi connectivity index (χ2v) is 10.1. The molecule has 1 aromatic carbocycles. The first kappa shape index (κ1) is 24.9. The Morgan fingerprint density at radius 1 is 1.15 bits per heavy atom. The van der Waals surface area contributed by atoms with Gasteiger partial charge in [0.15, 0.2) is 0 Å². The molecule has 186 valence electrons. The van der Waals surface area contributed by atoms with Crippen LogP contribution in [0.4, 0.5) is 13.2 Å². The fourth-order valence-corrected chi connectivity index (χ4v) is 5.74. The molecule has 34 heavy (non-hydrogen) atoms. The van der Waals surface area contributed by atoms with Gasteiger partial charge in [-0.2, -0.15) is 13.2 Å². The lowest BCUT2D eigenvalue weighted by atomic mass is 9.95. The van der Waals surface area contributed by atoms with Gasteiger partial charge in [-0.1, -0.05) is 11.9 Å². The average molecular weight is 500 g/mol. The number of rotatable bonds is 7. The van der Waals surface area contributed by atoms with Crippen LogP contribution in [0.5, 0.6) is 5.75 Å². The molecular weight excluding hydrogens is 471 g/mol. The van der Waals surface area contributed by atoms with Crippen LogP contribution < -0.4 is 10.2 Å². The number of nitrogens with zero attached hydrogens (tertiary/aromatic N) is 2. The molecule has 0 spiro atoms. The van der Waals surface area contributed by atoms with Gasteiger partial charge in [0.1, 0.15) is 22.4 Å². The second kappa shape index (κ2) is 10.6. The van der Waals surface area contributed by atoms with Crippen LogP contribution in [0.15, 0.2) is 47.1 Å². The van der Waals surface area contributed by atoms with Gasteiger partial charge in [0.25, 0.3) is 5.91 Å². The average Bonchev–Trinajstić information content (AvgIpc) is 3.34. The van der Waals surface area contributed by atoms with Crippen molar-refractivity contribution in [2.24, 2.45) is 0 Å². The predicted octanol–water partition coefficient (Wildman–Crippen LogP) is 4.33. The van der Waals surface area contributed by atoms with E-state index in [-0.39, 0.29) is 6.10 Å². The van der Waals surface area contributed by atoms with Crippen molar-refractivity contribution in [2.75, 3.05) is 26.2 Å². The number of carbonyl (C=O) groups excluding carboxylic acids is 1. The van der Waals surface area contributed by atoms with Crippen LogP contribution in [0, 0.1) is 0 Å². The fraction of sp³-hybridized carbons (Fsp3) is 0.522. The van der Waals surface area contributed by atoms with Gasteiger partial charge < -0.3 is 9.15 Å². The number of hydrogen-bond acceptors (Lipinski definition) is 7. The number of carbonyl (C=O) groups is 1. The lowest BCUT2D eigenvalue weighted by Crippen LogP contribution is -2.53. The number of hydrogen-bond donors (Lipinski definition) is 2. The maximum Gasteiger partial charge on any atom is 0.416 e. The predicted molar refractivity (Wildman–Crippen MR) is 120 cm³/mol. The molecule has 0 atom stereocenters. The number of likely N-dealkylation sites (tertiary alicyclic amines) is 1. The molecule has 4 rings (SSSR count). The lowest BCUT2D eigenvalue weighted by molar-refractivity contribution is -0.137. The Morgan fingerprint density at radius 3 is 2.38 bits per heavy atom. The van der Waals surface area contributed by atoms with Crippen LogP contribution in [0.3, 0.4) is 0 Å². The van der Waals surface area contributed by atoms with Crippen molar-refractivity contribution in [3.05, 3.63) is 54.0 Å². The quantitative estimate of drug-likeness (QED) is 0.334. The maximum atomic E-state index is 12.7. The molecule has 1 amide bonds. The highest BCUT2D eigenvalue weighted by atomic mass is 32.2. The van der Waals surface area contributed by atoms with E-state index in [1.807, 2.05) is 17.6 Å². The number of hydroxylamine groups is 1. The Balaban J connectivity index is 1.28. The van der Waals surface area contributed by atoms with E-state index in [1.165, 1.54) is 24.1 Å². The summed E-state index contributed by atoms with van der Waals surface area (Å²) in [5.41, 5.74) is 1.15. The smallest absolute Gasteiger partial charge is 0.416 e. The zero-order valence-corrected chi connectivity index (χ0v) is 19.4. The molecule has 2 aromatic rings. The fourth-order valence-electron chi connectivity index (χ4n) is 4.36. The first-order chi connectivity index (χ1) is 16.3. The minimum absolute atomic E-state index is 0.105. The van der Waals surface area contributed by atoms with Crippen molar-refractivity contribution < 1.29 is 32.3 Å². The Hall–Kier alpha value is -2.21. The maximum absolute atomic E-state index is 12.7. The van der Waals surface area contributed by atoms with E-state index in [2.05, 4.69) is 9.21 Å². The minimum atomic E-state index is -4.37. The summed E-state index contributed by atoms with van der Waals surface area (Å²) in [4.78, 5) is 14.9. The SMILES string of the molecule is O=C(NO)C1(SN2CCC(Oc3ccc(C(F)(F)F)cc3)CC2)CCN(Cc2ccco2)CC1. The topological polar surface area (TPSA) is 78.2 Å². The number of piperidine rings is 2. The van der Waals surface area contributed by atoms with Crippen molar-refractivity contribution in [1.82, 2.24) is 14.7 Å². The van der Waals surface area contributed by atoms with Crippen molar-refractivity contribution in [1.29, 1.82) is 0 Å². The molecule has 2 saturated heterocycles. The van der Waals surface area contributed by atoms with E-state index in [0.717, 1.165) is 17.9 Å². The number of alkyl halides is 3. The molecule has 0 unspecified atom stereocenters. The van der Waals surface area contributed by atoms with Crippen molar-refractivity contribution >= 4 is 17.9 Å². The third kappa shape index (κ3) is 6.07. The molecular formula is C23H28F3N3O4S. The van der Waals surface area contributed by atoms with Gasteiger partial charge in [0, 0.05) is 26.2 Å². The van der Waals surface area contributed by atoms with Crippen molar-refractivity contribution in [3.63, 3.8) is 0 Å². The molecule has 0 aliphatic carbocycles. The summed E-state index contributed by atoms with van der Waals surface area (Å²) in [5, 5.41) is 9.38. The summed E-state index contributed by atoms with van der Waals surface area (Å²) in [6.07, 6.45) is -0.271. The first-order valence-corrected chi connectivity index (χ1v) is 12.0. The Morgan fingerprint density at radius 2 is 1.82 bits per heavy atom. The zero-order valence-electron chi connectivity index (χ0n) is 18.6. The molecule has 11 heteroatoms. The third-order valence-corrected chi connectivity index (χ3v) is 7.89. The number of furan rings is 1. The number of amides is 1.